The van der Waals surface area contributed by atoms with Crippen molar-refractivity contribution >= 4 is 17.5 Å². The average Bonchev–Trinajstić information content (AvgIpc) is 3.16. The van der Waals surface area contributed by atoms with Gasteiger partial charge >= 0.3 is 0 Å². The molecule has 0 spiro atoms. The van der Waals surface area contributed by atoms with E-state index in [-0.39, 0.29) is 29.1 Å². The average molecular weight is 370 g/mol. The first-order chi connectivity index (χ1) is 12.7. The molecule has 2 amide bonds. The Hall–Kier alpha value is -2.14. The van der Waals surface area contributed by atoms with Crippen molar-refractivity contribution in [2.24, 2.45) is 17.3 Å². The standard InChI is InChI=1S/C22H30N2O3/c1-14(2)13-17-19(22(17,4)5)20(25)23-18-8-6-7-16(15(18)3)21(26)24-9-11-27-12-10-24/h6-8,13,17,19H,9-12H2,1-5H3,(H,23,25)/t17-,19-/m1/s1. The highest BCUT2D eigenvalue weighted by Gasteiger charge is 2.60. The largest absolute Gasteiger partial charge is 0.378 e. The normalized spacial score (nSPS) is 23.5. The highest BCUT2D eigenvalue weighted by Crippen LogP contribution is 2.59. The van der Waals surface area contributed by atoms with Gasteiger partial charge in [0.1, 0.15) is 0 Å². The summed E-state index contributed by atoms with van der Waals surface area (Å²) in [6.07, 6.45) is 2.19. The molecular formula is C22H30N2O3. The van der Waals surface area contributed by atoms with Crippen LogP contribution in [0.1, 0.15) is 43.6 Å². The molecule has 27 heavy (non-hydrogen) atoms. The van der Waals surface area contributed by atoms with E-state index in [2.05, 4.69) is 39.1 Å². The lowest BCUT2D eigenvalue weighted by atomic mass is 10.0. The van der Waals surface area contributed by atoms with Crippen LogP contribution in [0.2, 0.25) is 0 Å². The Bertz CT molecular complexity index is 772. The zero-order valence-corrected chi connectivity index (χ0v) is 17.0. The summed E-state index contributed by atoms with van der Waals surface area (Å²) < 4.78 is 5.33. The van der Waals surface area contributed by atoms with Crippen LogP contribution in [0, 0.1) is 24.2 Å². The Balaban J connectivity index is 1.75. The van der Waals surface area contributed by atoms with Crippen molar-refractivity contribution in [1.82, 2.24) is 4.90 Å². The van der Waals surface area contributed by atoms with Gasteiger partial charge < -0.3 is 15.0 Å². The topological polar surface area (TPSA) is 58.6 Å². The third-order valence-corrected chi connectivity index (χ3v) is 5.83. The van der Waals surface area contributed by atoms with Gasteiger partial charge in [0.25, 0.3) is 5.91 Å². The summed E-state index contributed by atoms with van der Waals surface area (Å²) in [7, 11) is 0. The molecule has 0 bridgehead atoms. The minimum atomic E-state index is -0.0367. The van der Waals surface area contributed by atoms with E-state index in [4.69, 9.17) is 4.74 Å². The molecule has 1 saturated heterocycles. The molecule has 2 aliphatic rings. The molecule has 5 heteroatoms. The third-order valence-electron chi connectivity index (χ3n) is 5.83. The molecule has 2 fully saturated rings. The first-order valence-corrected chi connectivity index (χ1v) is 9.66. The highest BCUT2D eigenvalue weighted by atomic mass is 16.5. The second-order valence-electron chi connectivity index (χ2n) is 8.44. The van der Waals surface area contributed by atoms with Gasteiger partial charge in [-0.15, -0.1) is 0 Å². The fourth-order valence-corrected chi connectivity index (χ4v) is 4.00. The minimum Gasteiger partial charge on any atom is -0.378 e. The van der Waals surface area contributed by atoms with Crippen LogP contribution in [0.25, 0.3) is 0 Å². The highest BCUT2D eigenvalue weighted by molar-refractivity contribution is 6.00. The second-order valence-corrected chi connectivity index (χ2v) is 8.44. The summed E-state index contributed by atoms with van der Waals surface area (Å²) in [5, 5.41) is 3.07. The van der Waals surface area contributed by atoms with Crippen molar-refractivity contribution in [2.45, 2.75) is 34.6 Å². The molecule has 1 N–H and O–H groups in total. The molecule has 0 radical (unpaired) electrons. The molecule has 1 aliphatic carbocycles. The molecule has 2 atom stereocenters. The maximum atomic E-state index is 12.9. The van der Waals surface area contributed by atoms with Gasteiger partial charge in [0.2, 0.25) is 5.91 Å². The van der Waals surface area contributed by atoms with Crippen LogP contribution in [0.4, 0.5) is 5.69 Å². The number of anilines is 1. The van der Waals surface area contributed by atoms with Crippen molar-refractivity contribution in [3.63, 3.8) is 0 Å². The van der Waals surface area contributed by atoms with Gasteiger partial charge in [-0.3, -0.25) is 9.59 Å². The maximum absolute atomic E-state index is 12.9. The van der Waals surface area contributed by atoms with Crippen LogP contribution in [-0.2, 0) is 9.53 Å². The SMILES string of the molecule is CC(C)=C[C@@H]1[C@H](C(=O)Nc2cccc(C(=O)N3CCOCC3)c2C)C1(C)C. The summed E-state index contributed by atoms with van der Waals surface area (Å²) >= 11 is 0. The van der Waals surface area contributed by atoms with E-state index < -0.39 is 0 Å². The number of hydrogen-bond acceptors (Lipinski definition) is 3. The first kappa shape index (κ1) is 19.6. The number of amides is 2. The fourth-order valence-electron chi connectivity index (χ4n) is 4.00. The molecule has 1 heterocycles. The van der Waals surface area contributed by atoms with Gasteiger partial charge in [-0.2, -0.15) is 0 Å². The van der Waals surface area contributed by atoms with E-state index in [1.165, 1.54) is 5.57 Å². The summed E-state index contributed by atoms with van der Waals surface area (Å²) in [4.78, 5) is 27.5. The fraction of sp³-hybridized carbons (Fsp3) is 0.545. The van der Waals surface area contributed by atoms with Crippen LogP contribution >= 0.6 is 0 Å². The van der Waals surface area contributed by atoms with Gasteiger partial charge in [0.05, 0.1) is 19.1 Å². The molecule has 146 valence electrons. The maximum Gasteiger partial charge on any atom is 0.254 e. The molecule has 3 rings (SSSR count). The quantitative estimate of drug-likeness (QED) is 0.823. The molecular weight excluding hydrogens is 340 g/mol. The minimum absolute atomic E-state index is 0.000989. The molecule has 5 nitrogen and oxygen atoms in total. The zero-order valence-electron chi connectivity index (χ0n) is 17.0. The molecule has 1 aliphatic heterocycles. The Morgan fingerprint density at radius 3 is 2.52 bits per heavy atom. The summed E-state index contributed by atoms with van der Waals surface area (Å²) in [6, 6.07) is 5.53. The smallest absolute Gasteiger partial charge is 0.254 e. The van der Waals surface area contributed by atoms with Crippen LogP contribution in [0.3, 0.4) is 0 Å². The number of nitrogens with zero attached hydrogens (tertiary/aromatic N) is 1. The Labute approximate surface area is 161 Å². The van der Waals surface area contributed by atoms with E-state index in [1.807, 2.05) is 30.0 Å². The molecule has 0 aromatic heterocycles. The van der Waals surface area contributed by atoms with Gasteiger partial charge in [0, 0.05) is 24.3 Å². The van der Waals surface area contributed by atoms with E-state index >= 15 is 0 Å². The predicted molar refractivity (Wildman–Crippen MR) is 107 cm³/mol. The van der Waals surface area contributed by atoms with Crippen molar-refractivity contribution < 1.29 is 14.3 Å². The van der Waals surface area contributed by atoms with Crippen LogP contribution in [-0.4, -0.2) is 43.0 Å². The number of rotatable bonds is 4. The van der Waals surface area contributed by atoms with Crippen LogP contribution in [0.15, 0.2) is 29.8 Å². The summed E-state index contributed by atoms with van der Waals surface area (Å²) in [5.74, 6) is 0.258. The lowest BCUT2D eigenvalue weighted by Crippen LogP contribution is -2.41. The van der Waals surface area contributed by atoms with Crippen molar-refractivity contribution in [2.75, 3.05) is 31.6 Å². The number of carbonyl (C=O) groups is 2. The van der Waals surface area contributed by atoms with E-state index in [9.17, 15) is 9.59 Å². The van der Waals surface area contributed by atoms with Gasteiger partial charge in [-0.05, 0) is 49.8 Å². The summed E-state index contributed by atoms with van der Waals surface area (Å²) in [6.45, 7) is 12.6. The van der Waals surface area contributed by atoms with E-state index in [0.717, 1.165) is 11.3 Å². The van der Waals surface area contributed by atoms with Gasteiger partial charge in [0.15, 0.2) is 0 Å². The van der Waals surface area contributed by atoms with Crippen molar-refractivity contribution in [1.29, 1.82) is 0 Å². The number of carbonyl (C=O) groups excluding carboxylic acids is 2. The zero-order chi connectivity index (χ0) is 19.8. The summed E-state index contributed by atoms with van der Waals surface area (Å²) in [5.41, 5.74) is 3.39. The first-order valence-electron chi connectivity index (χ1n) is 9.66. The van der Waals surface area contributed by atoms with Crippen LogP contribution in [0.5, 0.6) is 0 Å². The molecule has 1 saturated carbocycles. The molecule has 0 unspecified atom stereocenters. The predicted octanol–water partition coefficient (Wildman–Crippen LogP) is 3.64. The second kappa shape index (κ2) is 7.47. The monoisotopic (exact) mass is 370 g/mol. The Kier molecular flexibility index (Phi) is 5.43. The van der Waals surface area contributed by atoms with E-state index in [0.29, 0.717) is 31.9 Å². The third kappa shape index (κ3) is 3.93. The van der Waals surface area contributed by atoms with E-state index in [1.54, 1.807) is 0 Å². The molecule has 1 aromatic carbocycles. The van der Waals surface area contributed by atoms with Crippen LogP contribution < -0.4 is 5.32 Å². The lowest BCUT2D eigenvalue weighted by Gasteiger charge is -2.27. The molecule has 1 aromatic rings. The number of benzene rings is 1. The number of allylic oxidation sites excluding steroid dienone is 2. The number of nitrogens with one attached hydrogen (secondary N) is 1. The van der Waals surface area contributed by atoms with Gasteiger partial charge in [-0.1, -0.05) is 31.6 Å². The van der Waals surface area contributed by atoms with Crippen molar-refractivity contribution in [3.8, 4) is 0 Å². The number of hydrogen-bond donors (Lipinski definition) is 1. The number of morpholine rings is 1. The Morgan fingerprint density at radius 2 is 1.89 bits per heavy atom. The number of ether oxygens (including phenoxy) is 1. The Morgan fingerprint density at radius 1 is 1.22 bits per heavy atom. The van der Waals surface area contributed by atoms with Gasteiger partial charge in [-0.25, -0.2) is 0 Å². The van der Waals surface area contributed by atoms with Crippen molar-refractivity contribution in [3.05, 3.63) is 41.0 Å². The lowest BCUT2D eigenvalue weighted by molar-refractivity contribution is -0.118.